The summed E-state index contributed by atoms with van der Waals surface area (Å²) in [6.07, 6.45) is -0.0760. The summed E-state index contributed by atoms with van der Waals surface area (Å²) in [6, 6.07) is 9.80. The Morgan fingerprint density at radius 3 is 2.40 bits per heavy atom. The minimum absolute atomic E-state index is 0.0760. The van der Waals surface area contributed by atoms with Gasteiger partial charge in [-0.15, -0.1) is 0 Å². The molecule has 0 bridgehead atoms. The molecule has 0 spiro atoms. The summed E-state index contributed by atoms with van der Waals surface area (Å²) >= 11 is 0. The second-order valence-electron chi connectivity index (χ2n) is 5.27. The minimum Gasteiger partial charge on any atom is -0.355 e. The maximum absolute atomic E-state index is 12.1. The molecule has 0 aliphatic rings. The molecule has 0 saturated carbocycles. The maximum Gasteiger partial charge on any atom is 0.232 e. The van der Waals surface area contributed by atoms with Crippen LogP contribution >= 0.6 is 0 Å². The average Bonchev–Trinajstić information content (AvgIpc) is 2.43. The zero-order chi connectivity index (χ0) is 15.0. The highest BCUT2D eigenvalue weighted by Gasteiger charge is 2.16. The van der Waals surface area contributed by atoms with E-state index in [-0.39, 0.29) is 18.2 Å². The summed E-state index contributed by atoms with van der Waals surface area (Å²) in [6.45, 7) is 7.73. The van der Waals surface area contributed by atoms with Gasteiger partial charge in [0.2, 0.25) is 11.8 Å². The zero-order valence-corrected chi connectivity index (χ0v) is 12.6. The molecular formula is C16H24N2O2. The molecule has 1 aromatic rings. The molecule has 0 saturated heterocycles. The van der Waals surface area contributed by atoms with E-state index < -0.39 is 0 Å². The van der Waals surface area contributed by atoms with Crippen LogP contribution in [-0.4, -0.2) is 29.8 Å². The number of rotatable bonds is 7. The highest BCUT2D eigenvalue weighted by molar-refractivity contribution is 5.96. The zero-order valence-electron chi connectivity index (χ0n) is 12.6. The van der Waals surface area contributed by atoms with Crippen molar-refractivity contribution >= 4 is 11.8 Å². The molecule has 0 aliphatic carbocycles. The molecular weight excluding hydrogens is 252 g/mol. The normalized spacial score (nSPS) is 10.4. The van der Waals surface area contributed by atoms with Gasteiger partial charge in [0.05, 0.1) is 0 Å². The number of nitrogens with one attached hydrogen (secondary N) is 1. The Bertz CT molecular complexity index is 429. The van der Waals surface area contributed by atoms with Gasteiger partial charge in [-0.1, -0.05) is 44.2 Å². The first-order valence-corrected chi connectivity index (χ1v) is 7.11. The lowest BCUT2D eigenvalue weighted by Crippen LogP contribution is -2.36. The summed E-state index contributed by atoms with van der Waals surface area (Å²) in [5, 5.41) is 2.77. The van der Waals surface area contributed by atoms with Crippen LogP contribution < -0.4 is 5.32 Å². The van der Waals surface area contributed by atoms with Crippen molar-refractivity contribution in [2.75, 3.05) is 13.1 Å². The van der Waals surface area contributed by atoms with Crippen LogP contribution in [0.5, 0.6) is 0 Å². The van der Waals surface area contributed by atoms with Crippen molar-refractivity contribution < 1.29 is 9.59 Å². The van der Waals surface area contributed by atoms with Crippen LogP contribution in [0.1, 0.15) is 32.8 Å². The Kier molecular flexibility index (Phi) is 6.77. The molecule has 1 aromatic carbocycles. The lowest BCUT2D eigenvalue weighted by Gasteiger charge is -2.21. The molecule has 20 heavy (non-hydrogen) atoms. The maximum atomic E-state index is 12.1. The first kappa shape index (κ1) is 16.2. The minimum atomic E-state index is -0.199. The fourth-order valence-electron chi connectivity index (χ4n) is 1.81. The first-order valence-electron chi connectivity index (χ1n) is 7.11. The van der Waals surface area contributed by atoms with Gasteiger partial charge in [-0.25, -0.2) is 0 Å². The lowest BCUT2D eigenvalue weighted by atomic mass is 10.2. The number of carbonyl (C=O) groups is 2. The molecule has 4 nitrogen and oxygen atoms in total. The van der Waals surface area contributed by atoms with Crippen LogP contribution in [0.25, 0.3) is 0 Å². The van der Waals surface area contributed by atoms with Gasteiger partial charge >= 0.3 is 0 Å². The number of benzene rings is 1. The van der Waals surface area contributed by atoms with Crippen molar-refractivity contribution in [1.29, 1.82) is 0 Å². The predicted octanol–water partition coefficient (Wildman–Crippen LogP) is 2.20. The van der Waals surface area contributed by atoms with Gasteiger partial charge in [-0.05, 0) is 18.4 Å². The van der Waals surface area contributed by atoms with E-state index in [0.717, 1.165) is 5.56 Å². The van der Waals surface area contributed by atoms with Crippen molar-refractivity contribution in [3.63, 3.8) is 0 Å². The van der Waals surface area contributed by atoms with Crippen LogP contribution in [-0.2, 0) is 16.1 Å². The van der Waals surface area contributed by atoms with Crippen molar-refractivity contribution in [2.24, 2.45) is 5.92 Å². The number of hydrogen-bond acceptors (Lipinski definition) is 2. The van der Waals surface area contributed by atoms with Gasteiger partial charge in [-0.3, -0.25) is 9.59 Å². The molecule has 0 atom stereocenters. The standard InChI is InChI=1S/C16H24N2O2/c1-4-18(12-14-8-6-5-7-9-14)16(20)10-15(19)17-11-13(2)3/h5-9,13H,4,10-12H2,1-3H3,(H,17,19). The number of amides is 2. The van der Waals surface area contributed by atoms with Gasteiger partial charge in [-0.2, -0.15) is 0 Å². The third-order valence-corrected chi connectivity index (χ3v) is 2.97. The van der Waals surface area contributed by atoms with Gasteiger partial charge in [0.1, 0.15) is 6.42 Å². The summed E-state index contributed by atoms with van der Waals surface area (Å²) in [7, 11) is 0. The first-order chi connectivity index (χ1) is 9.52. The smallest absolute Gasteiger partial charge is 0.232 e. The molecule has 0 heterocycles. The van der Waals surface area contributed by atoms with Crippen LogP contribution in [0.15, 0.2) is 30.3 Å². The largest absolute Gasteiger partial charge is 0.355 e. The molecule has 110 valence electrons. The van der Waals surface area contributed by atoms with Gasteiger partial charge < -0.3 is 10.2 Å². The molecule has 1 N–H and O–H groups in total. The van der Waals surface area contributed by atoms with Crippen molar-refractivity contribution in [2.45, 2.75) is 33.7 Å². The van der Waals surface area contributed by atoms with Gasteiger partial charge in [0.15, 0.2) is 0 Å². The van der Waals surface area contributed by atoms with E-state index in [4.69, 9.17) is 0 Å². The third kappa shape index (κ3) is 5.87. The van der Waals surface area contributed by atoms with Crippen LogP contribution in [0.4, 0.5) is 0 Å². The van der Waals surface area contributed by atoms with E-state index in [9.17, 15) is 9.59 Å². The molecule has 1 rings (SSSR count). The van der Waals surface area contributed by atoms with Crippen molar-refractivity contribution in [3.05, 3.63) is 35.9 Å². The van der Waals surface area contributed by atoms with E-state index in [1.807, 2.05) is 51.1 Å². The molecule has 0 radical (unpaired) electrons. The van der Waals surface area contributed by atoms with Gasteiger partial charge in [0.25, 0.3) is 0 Å². The number of nitrogens with zero attached hydrogens (tertiary/aromatic N) is 1. The van der Waals surface area contributed by atoms with E-state index in [0.29, 0.717) is 25.6 Å². The fourth-order valence-corrected chi connectivity index (χ4v) is 1.81. The molecule has 2 amide bonds. The highest BCUT2D eigenvalue weighted by Crippen LogP contribution is 2.06. The molecule has 4 heteroatoms. The third-order valence-electron chi connectivity index (χ3n) is 2.97. The van der Waals surface area contributed by atoms with E-state index >= 15 is 0 Å². The quantitative estimate of drug-likeness (QED) is 0.776. The molecule has 0 unspecified atom stereocenters. The Hall–Kier alpha value is -1.84. The molecule has 0 aromatic heterocycles. The SMILES string of the molecule is CCN(Cc1ccccc1)C(=O)CC(=O)NCC(C)C. The topological polar surface area (TPSA) is 49.4 Å². The fraction of sp³-hybridized carbons (Fsp3) is 0.500. The summed E-state index contributed by atoms with van der Waals surface area (Å²) in [5.41, 5.74) is 1.07. The predicted molar refractivity (Wildman–Crippen MR) is 80.0 cm³/mol. The van der Waals surface area contributed by atoms with Crippen LogP contribution in [0.3, 0.4) is 0 Å². The average molecular weight is 276 g/mol. The molecule has 0 fully saturated rings. The second-order valence-corrected chi connectivity index (χ2v) is 5.27. The lowest BCUT2D eigenvalue weighted by molar-refractivity contribution is -0.136. The van der Waals surface area contributed by atoms with Crippen molar-refractivity contribution in [3.8, 4) is 0 Å². The summed E-state index contributed by atoms with van der Waals surface area (Å²) in [4.78, 5) is 25.5. The number of carbonyl (C=O) groups excluding carboxylic acids is 2. The molecule has 0 aliphatic heterocycles. The number of hydrogen-bond donors (Lipinski definition) is 1. The highest BCUT2D eigenvalue weighted by atomic mass is 16.2. The van der Waals surface area contributed by atoms with E-state index in [2.05, 4.69) is 5.32 Å². The van der Waals surface area contributed by atoms with Crippen molar-refractivity contribution in [1.82, 2.24) is 10.2 Å². The monoisotopic (exact) mass is 276 g/mol. The summed E-state index contributed by atoms with van der Waals surface area (Å²) in [5.74, 6) is 0.0634. The Morgan fingerprint density at radius 1 is 1.20 bits per heavy atom. The van der Waals surface area contributed by atoms with E-state index in [1.165, 1.54) is 0 Å². The Labute approximate surface area is 121 Å². The van der Waals surface area contributed by atoms with E-state index in [1.54, 1.807) is 4.90 Å². The summed E-state index contributed by atoms with van der Waals surface area (Å²) < 4.78 is 0. The van der Waals surface area contributed by atoms with Crippen LogP contribution in [0, 0.1) is 5.92 Å². The van der Waals surface area contributed by atoms with Crippen LogP contribution in [0.2, 0.25) is 0 Å². The Balaban J connectivity index is 2.48. The Morgan fingerprint density at radius 2 is 1.85 bits per heavy atom. The van der Waals surface area contributed by atoms with Gasteiger partial charge in [0, 0.05) is 19.6 Å². The second kappa shape index (κ2) is 8.35.